The molecular weight excluding hydrogens is 1400 g/mol. The number of nitrogens with zero attached hydrogens (tertiary/aromatic N) is 16. The lowest BCUT2D eigenvalue weighted by Gasteiger charge is -2.41. The van der Waals surface area contributed by atoms with Gasteiger partial charge < -0.3 is 114 Å². The van der Waals surface area contributed by atoms with E-state index in [1.165, 1.54) is 64.3 Å². The van der Waals surface area contributed by atoms with Crippen LogP contribution in [0.4, 0.5) is 32.1 Å². The van der Waals surface area contributed by atoms with Crippen LogP contribution in [-0.4, -0.2) is 206 Å². The van der Waals surface area contributed by atoms with Crippen LogP contribution in [0.3, 0.4) is 0 Å². The molecule has 38 nitrogen and oxygen atoms in total. The van der Waals surface area contributed by atoms with Crippen molar-refractivity contribution in [1.29, 1.82) is 0 Å². The van der Waals surface area contributed by atoms with Crippen LogP contribution < -0.4 is 27.8 Å². The number of nitrogens with two attached hydrogens (primary N) is 4. The second-order valence-corrected chi connectivity index (χ2v) is 35.1. The highest BCUT2D eigenvalue weighted by atomic mass is 32.7. The van der Waals surface area contributed by atoms with E-state index in [0.29, 0.717) is 11.2 Å². The van der Waals surface area contributed by atoms with E-state index in [1.807, 2.05) is 13.1 Å². The molecule has 0 radical (unpaired) electrons. The van der Waals surface area contributed by atoms with Gasteiger partial charge in [-0.2, -0.15) is 0 Å². The summed E-state index contributed by atoms with van der Waals surface area (Å²) in [5.74, 6) is 0.434. The molecule has 0 saturated carbocycles. The second kappa shape index (κ2) is 25.5. The third kappa shape index (κ3) is 13.2. The van der Waals surface area contributed by atoms with Crippen molar-refractivity contribution in [2.75, 3.05) is 49.4 Å². The quantitative estimate of drug-likeness (QED) is 0.0859. The zero-order chi connectivity index (χ0) is 67.6. The Morgan fingerprint density at radius 1 is 0.558 bits per heavy atom. The summed E-state index contributed by atoms with van der Waals surface area (Å²) in [7, 11) is -12.7. The molecule has 8 unspecified atom stereocenters. The van der Waals surface area contributed by atoms with E-state index >= 15 is 8.78 Å². The van der Waals surface area contributed by atoms with E-state index in [-0.39, 0.29) is 68.4 Å². The monoisotopic (exact) mass is 1460 g/mol. The molecule has 49 heteroatoms. The van der Waals surface area contributed by atoms with Gasteiger partial charge in [0.25, 0.3) is 0 Å². The third-order valence-electron chi connectivity index (χ3n) is 16.4. The maximum atomic E-state index is 16.3. The first-order valence-electron chi connectivity index (χ1n) is 28.0. The van der Waals surface area contributed by atoms with Crippen LogP contribution in [0.5, 0.6) is 0 Å². The molecule has 8 aromatic rings. The summed E-state index contributed by atoms with van der Waals surface area (Å²) in [5.41, 5.74) is 25.8. The number of hydrogen-bond donors (Lipinski definition) is 5. The van der Waals surface area contributed by atoms with Crippen LogP contribution in [-0.2, 0) is 97.3 Å². The summed E-state index contributed by atoms with van der Waals surface area (Å²) >= 11 is 10.5. The molecular formula is C46H62B2F2N20O18P4S2Si-4. The molecule has 6 aliphatic heterocycles. The molecule has 20 atom stereocenters. The molecule has 514 valence electrons. The van der Waals surface area contributed by atoms with Gasteiger partial charge in [0.05, 0.1) is 66.9 Å². The van der Waals surface area contributed by atoms with Crippen molar-refractivity contribution < 1.29 is 92.0 Å². The zero-order valence-electron chi connectivity index (χ0n) is 48.9. The van der Waals surface area contributed by atoms with Gasteiger partial charge in [0.15, 0.2) is 98.2 Å². The zero-order valence-corrected chi connectivity index (χ0v) is 55.1. The maximum absolute atomic E-state index is 16.3. The van der Waals surface area contributed by atoms with E-state index in [9.17, 15) is 23.7 Å². The van der Waals surface area contributed by atoms with Crippen LogP contribution in [0, 0.1) is 0 Å². The number of aliphatic hydroxyl groups excluding tert-OH is 1. The first kappa shape index (κ1) is 68.2. The van der Waals surface area contributed by atoms with Gasteiger partial charge in [0.2, 0.25) is 0 Å². The molecule has 0 aliphatic carbocycles. The number of imidazole rings is 4. The Bertz CT molecular complexity index is 4320. The molecule has 0 aromatic carbocycles. The second-order valence-electron chi connectivity index (χ2n) is 23.1. The Morgan fingerprint density at radius 3 is 1.33 bits per heavy atom. The predicted octanol–water partition coefficient (Wildman–Crippen LogP) is 0.500. The fourth-order valence-electron chi connectivity index (χ4n) is 10.8. The first-order valence-corrected chi connectivity index (χ1v) is 38.2. The van der Waals surface area contributed by atoms with Crippen LogP contribution in [0.2, 0.25) is 18.1 Å². The lowest BCUT2D eigenvalue weighted by molar-refractivity contribution is -0.218. The van der Waals surface area contributed by atoms with Crippen molar-refractivity contribution in [2.24, 2.45) is 0 Å². The minimum atomic E-state index is -4.39. The number of fused-ring (bicyclic) bond motifs is 8. The molecule has 0 amide bonds. The van der Waals surface area contributed by atoms with E-state index < -0.39 is 170 Å². The summed E-state index contributed by atoms with van der Waals surface area (Å²) in [4.78, 5) is 62.7. The summed E-state index contributed by atoms with van der Waals surface area (Å²) in [6.07, 6.45) is -11.1. The average molecular weight is 1460 g/mol. The minimum Gasteiger partial charge on any atom is -0.780 e. The Labute approximate surface area is 548 Å². The van der Waals surface area contributed by atoms with Crippen molar-refractivity contribution in [3.8, 4) is 0 Å². The Kier molecular flexibility index (Phi) is 18.3. The van der Waals surface area contributed by atoms with Crippen molar-refractivity contribution in [2.45, 2.75) is 137 Å². The number of alkyl halides is 2. The molecule has 14 heterocycles. The average Bonchev–Trinajstić information content (AvgIpc) is 1.66. The molecule has 9 N–H and O–H groups in total. The maximum Gasteiger partial charge on any atom is 0.200 e. The van der Waals surface area contributed by atoms with Crippen molar-refractivity contribution in [1.82, 2.24) is 78.1 Å². The third-order valence-corrected chi connectivity index (χ3v) is 25.5. The van der Waals surface area contributed by atoms with E-state index in [0.717, 1.165) is 0 Å². The Hall–Kier alpha value is -5.30. The highest BCUT2D eigenvalue weighted by molar-refractivity contribution is 8.32. The van der Waals surface area contributed by atoms with Crippen LogP contribution in [0.15, 0.2) is 50.6 Å². The number of rotatable bonds is 6. The highest BCUT2D eigenvalue weighted by Gasteiger charge is 2.56. The number of halogens is 2. The molecule has 95 heavy (non-hydrogen) atoms. The smallest absolute Gasteiger partial charge is 0.200 e. The number of aromatic nitrogens is 16. The van der Waals surface area contributed by atoms with Crippen LogP contribution in [0.1, 0.15) is 45.7 Å². The molecule has 0 spiro atoms. The first-order chi connectivity index (χ1) is 44.8. The fraction of sp³-hybridized carbons (Fsp3) is 0.565. The lowest BCUT2D eigenvalue weighted by atomic mass is 10.1. The SMILES string of the molecule is [BH3-]P1(=O)OC[C@H]2O[C@@H](n3cnc4c(N)ncnc43)C(O)[C@H]2OP([O-])(=S)OC[C@H]2O[C@@H](n3cnc4c(N)ncnc43)[C@@H](F)C2O1.[BH3-]P1(=O)OC[C@H]2O[C@@H](n3cnc4c(N)ncnc43)C(O[Si](C)(C)C(C)(C)C)[C@H]2OP(=O)([S-])OC[C@H]2O[C@@H](n3cnc4c(N)ncnc43)[C@@H](F)C2O1. The van der Waals surface area contributed by atoms with Crippen molar-refractivity contribution in [3.05, 3.63) is 50.6 Å². The van der Waals surface area contributed by atoms with Crippen molar-refractivity contribution >= 4 is 144 Å². The largest absolute Gasteiger partial charge is 0.780 e. The lowest BCUT2D eigenvalue weighted by Crippen LogP contribution is -2.49. The fourth-order valence-corrected chi connectivity index (χ4v) is 16.5. The van der Waals surface area contributed by atoms with Gasteiger partial charge in [0.1, 0.15) is 130 Å². The Morgan fingerprint density at radius 2 is 0.905 bits per heavy atom. The minimum absolute atomic E-state index is 0.0792. The summed E-state index contributed by atoms with van der Waals surface area (Å²) in [6.45, 7) is -0.443. The topological polar surface area (TPSA) is 493 Å². The van der Waals surface area contributed by atoms with E-state index in [2.05, 4.69) is 80.6 Å². The number of ether oxygens (including phenoxy) is 4. The van der Waals surface area contributed by atoms with Gasteiger partial charge in [-0.05, 0) is 18.1 Å². The molecule has 6 fully saturated rings. The van der Waals surface area contributed by atoms with Gasteiger partial charge in [-0.1, -0.05) is 32.6 Å². The normalized spacial score (nSPS) is 36.7. The van der Waals surface area contributed by atoms with Gasteiger partial charge in [-0.3, -0.25) is 22.8 Å². The highest BCUT2D eigenvalue weighted by Crippen LogP contribution is 2.57. The number of nitrogen functional groups attached to an aromatic ring is 4. The molecule has 14 rings (SSSR count). The standard InChI is InChI=1S/C26H39BFN10O9P2SSi.C20H25BFN10O9P2S/c1-26(2,3)51(4,5)47-19-18-13(44-25(19)38-11-36-16-21(30)32-9-34-23(16)38)6-41-48(27,39)45-17-12(7-42-49(40,50)46-18)43-24(14(17)28)37-10-35-15-20(29)31-8-33-22(15)37;21-42(34)36-1-8-14(12(33)20(39-8)32-6-30-11-16(24)26-4-28-18(11)32)41-43(35,44)37-2-7-13(40-42)9(22)19(38-7)31-5-29-10-15(23)25-3-27-17(10)31/h8-14,17-19,24-25H,6-7H2,1-5,27H3,(H,40,50)(H2,29,31,33)(H2,30,32,34);3-9,12-14,19-20,33H,1-2H2,21H3,(H,35,44)(H2,23,25,27)(H2,24,26,28)/q2*-1/p-2/t12-,13-,14+,17?,18+,19?,24-,25-,48?,49?;7-,8-,9+,12?,13?,14+,19-,20-,42?,43?/m11/s1. The van der Waals surface area contributed by atoms with Gasteiger partial charge >= 0.3 is 0 Å². The number of anilines is 4. The summed E-state index contributed by atoms with van der Waals surface area (Å²) < 4.78 is 157. The van der Waals surface area contributed by atoms with Crippen LogP contribution >= 0.6 is 28.5 Å². The Balaban J connectivity index is 0.000000174. The molecule has 6 aliphatic rings. The number of hydrogen-bond acceptors (Lipinski definition) is 36. The summed E-state index contributed by atoms with van der Waals surface area (Å²) in [5, 5.41) is 11.0. The van der Waals surface area contributed by atoms with E-state index in [4.69, 9.17) is 107 Å². The van der Waals surface area contributed by atoms with E-state index in [1.54, 1.807) is 4.57 Å². The summed E-state index contributed by atoms with van der Waals surface area (Å²) in [6, 6.07) is 0. The van der Waals surface area contributed by atoms with Gasteiger partial charge in [-0.15, -0.1) is 0 Å². The molecule has 8 aromatic heterocycles. The van der Waals surface area contributed by atoms with Gasteiger partial charge in [-0.25, -0.2) is 68.6 Å². The van der Waals surface area contributed by atoms with Gasteiger partial charge in [0, 0.05) is 0 Å². The molecule has 6 saturated heterocycles. The predicted molar refractivity (Wildman–Crippen MR) is 340 cm³/mol. The van der Waals surface area contributed by atoms with Crippen molar-refractivity contribution in [3.63, 3.8) is 0 Å². The number of aliphatic hydroxyl groups is 1. The van der Waals surface area contributed by atoms with Crippen LogP contribution in [0.25, 0.3) is 44.7 Å². The molecule has 0 bridgehead atoms.